The number of phenols is 1. The van der Waals surface area contributed by atoms with Gasteiger partial charge in [-0.2, -0.15) is 0 Å². The molecule has 0 spiro atoms. The molecule has 1 atom stereocenters. The van der Waals surface area contributed by atoms with E-state index in [1.807, 2.05) is 95.3 Å². The summed E-state index contributed by atoms with van der Waals surface area (Å²) in [6.45, 7) is 11.1. The van der Waals surface area contributed by atoms with Crippen LogP contribution in [-0.2, 0) is 22.6 Å². The van der Waals surface area contributed by atoms with Gasteiger partial charge in [0.2, 0.25) is 0 Å². The van der Waals surface area contributed by atoms with Gasteiger partial charge in [0, 0.05) is 0 Å². The second kappa shape index (κ2) is 16.0. The highest BCUT2D eigenvalue weighted by Crippen LogP contribution is 2.41. The number of thioether (sulfide) groups is 1. The van der Waals surface area contributed by atoms with Crippen molar-refractivity contribution in [2.75, 3.05) is 18.1 Å². The molecule has 220 valence electrons. The number of aromatic hydroxyl groups is 1. The Kier molecular flexibility index (Phi) is 12.4. The van der Waals surface area contributed by atoms with Gasteiger partial charge in [0.05, 0.1) is 42.3 Å². The molecule has 1 N–H and O–H groups in total. The van der Waals surface area contributed by atoms with Gasteiger partial charge in [0.1, 0.15) is 0 Å². The van der Waals surface area contributed by atoms with E-state index >= 15 is 0 Å². The van der Waals surface area contributed by atoms with Gasteiger partial charge in [0.25, 0.3) is 0 Å². The maximum Gasteiger partial charge on any atom is 0.414 e. The van der Waals surface area contributed by atoms with Crippen molar-refractivity contribution in [3.05, 3.63) is 90.0 Å². The number of carbonyl (C=O) groups excluding carboxylic acids is 2. The summed E-state index contributed by atoms with van der Waals surface area (Å²) in [5.41, 5.74) is 2.23. The number of hydrogen-bond donors (Lipinski definition) is 1. The molecule has 3 aromatic rings. The average molecular weight is 579 g/mol. The molecule has 1 unspecified atom stereocenters. The molecule has 0 saturated heterocycles. The van der Waals surface area contributed by atoms with E-state index in [1.54, 1.807) is 23.1 Å². The normalized spacial score (nSPS) is 11.8. The van der Waals surface area contributed by atoms with Gasteiger partial charge >= 0.3 is 12.2 Å². The van der Waals surface area contributed by atoms with Crippen molar-refractivity contribution in [1.29, 1.82) is 0 Å². The van der Waals surface area contributed by atoms with Crippen molar-refractivity contribution in [3.63, 3.8) is 0 Å². The minimum atomic E-state index is -0.532. The first-order chi connectivity index (χ1) is 19.7. The Morgan fingerprint density at radius 1 is 0.756 bits per heavy atom. The van der Waals surface area contributed by atoms with E-state index in [9.17, 15) is 14.7 Å². The topological polar surface area (TPSA) is 79.3 Å². The van der Waals surface area contributed by atoms with Crippen LogP contribution >= 0.6 is 11.8 Å². The van der Waals surface area contributed by atoms with E-state index in [0.717, 1.165) is 11.1 Å². The van der Waals surface area contributed by atoms with Gasteiger partial charge < -0.3 is 14.6 Å². The number of hydrogen-bond acceptors (Lipinski definition) is 6. The van der Waals surface area contributed by atoms with Crippen molar-refractivity contribution >= 4 is 29.6 Å². The van der Waals surface area contributed by atoms with Gasteiger partial charge in [-0.15, -0.1) is 0 Å². The highest BCUT2D eigenvalue weighted by atomic mass is 32.2. The third kappa shape index (κ3) is 9.74. The number of ether oxygens (including phenoxy) is 2. The molecule has 7 nitrogen and oxygen atoms in total. The Labute approximate surface area is 248 Å². The first kappa shape index (κ1) is 31.9. The van der Waals surface area contributed by atoms with Crippen LogP contribution in [0.3, 0.4) is 0 Å². The van der Waals surface area contributed by atoms with Crippen molar-refractivity contribution in [1.82, 2.24) is 4.90 Å². The molecule has 0 bridgehead atoms. The van der Waals surface area contributed by atoms with Gasteiger partial charge in [-0.1, -0.05) is 113 Å². The van der Waals surface area contributed by atoms with Gasteiger partial charge in [0.15, 0.2) is 5.75 Å². The Morgan fingerprint density at radius 2 is 1.29 bits per heavy atom. The maximum absolute atomic E-state index is 13.3. The lowest BCUT2D eigenvalue weighted by atomic mass is 10.2. The van der Waals surface area contributed by atoms with Crippen LogP contribution < -0.4 is 4.90 Å². The lowest BCUT2D eigenvalue weighted by molar-refractivity contribution is 0.0854. The lowest BCUT2D eigenvalue weighted by Gasteiger charge is -2.31. The molecule has 3 aromatic carbocycles. The van der Waals surface area contributed by atoms with Crippen molar-refractivity contribution in [2.24, 2.45) is 11.8 Å². The molecule has 0 aliphatic rings. The number of nitrogens with zero attached hydrogens (tertiary/aromatic N) is 2. The van der Waals surface area contributed by atoms with Crippen LogP contribution in [0, 0.1) is 11.8 Å². The zero-order valence-electron chi connectivity index (χ0n) is 24.7. The number of rotatable bonds is 13. The van der Waals surface area contributed by atoms with Crippen LogP contribution in [0.15, 0.2) is 83.8 Å². The molecule has 0 fully saturated rings. The largest absolute Gasteiger partial charge is 0.505 e. The van der Waals surface area contributed by atoms with E-state index in [0.29, 0.717) is 30.2 Å². The van der Waals surface area contributed by atoms with Crippen LogP contribution in [0.25, 0.3) is 0 Å². The minimum absolute atomic E-state index is 0.0383. The zero-order valence-corrected chi connectivity index (χ0v) is 25.5. The third-order valence-corrected chi connectivity index (χ3v) is 7.59. The predicted molar refractivity (Wildman–Crippen MR) is 165 cm³/mol. The molecule has 0 aliphatic heterocycles. The van der Waals surface area contributed by atoms with Crippen LogP contribution in [0.4, 0.5) is 15.3 Å². The molecular weight excluding hydrogens is 536 g/mol. The van der Waals surface area contributed by atoms with Gasteiger partial charge in [-0.25, -0.2) is 9.59 Å². The van der Waals surface area contributed by atoms with Crippen molar-refractivity contribution in [3.8, 4) is 5.75 Å². The van der Waals surface area contributed by atoms with E-state index in [4.69, 9.17) is 9.47 Å². The number of anilines is 1. The van der Waals surface area contributed by atoms with E-state index in [1.165, 1.54) is 16.7 Å². The number of carbonyl (C=O) groups is 2. The SMILES string of the molecule is CCC(Sc1cccc(N(Cc2ccccc2)C(=O)OCC(C)C)c1O)N(Cc1ccccc1)C(=O)OCC(C)C. The smallest absolute Gasteiger partial charge is 0.414 e. The first-order valence-corrected chi connectivity index (χ1v) is 15.0. The molecule has 0 radical (unpaired) electrons. The predicted octanol–water partition coefficient (Wildman–Crippen LogP) is 8.31. The van der Waals surface area contributed by atoms with Crippen LogP contribution in [0.5, 0.6) is 5.75 Å². The molecule has 41 heavy (non-hydrogen) atoms. The Hall–Kier alpha value is -3.65. The highest BCUT2D eigenvalue weighted by molar-refractivity contribution is 8.00. The summed E-state index contributed by atoms with van der Waals surface area (Å²) in [6, 6.07) is 24.7. The number of amides is 2. The molecule has 0 saturated carbocycles. The minimum Gasteiger partial charge on any atom is -0.505 e. The van der Waals surface area contributed by atoms with E-state index in [-0.39, 0.29) is 36.1 Å². The summed E-state index contributed by atoms with van der Waals surface area (Å²) in [7, 11) is 0. The second-order valence-electron chi connectivity index (χ2n) is 10.7. The van der Waals surface area contributed by atoms with Crippen LogP contribution in [0.1, 0.15) is 52.2 Å². The summed E-state index contributed by atoms with van der Waals surface area (Å²) in [6.07, 6.45) is -0.321. The fourth-order valence-electron chi connectivity index (χ4n) is 4.05. The molecule has 2 amide bonds. The summed E-state index contributed by atoms with van der Waals surface area (Å²) in [4.78, 5) is 30.2. The lowest BCUT2D eigenvalue weighted by Crippen LogP contribution is -2.38. The standard InChI is InChI=1S/C33H42N2O5S/c1-6-30(35(33(38)40-23-25(4)5)21-27-16-11-8-12-17-27)41-29-19-13-18-28(31(29)36)34(32(37)39-22-24(2)3)20-26-14-9-7-10-15-26/h7-19,24-25,30,36H,6,20-23H2,1-5H3. The maximum atomic E-state index is 13.3. The van der Waals surface area contributed by atoms with Crippen molar-refractivity contribution < 1.29 is 24.2 Å². The Bertz CT molecular complexity index is 1240. The van der Waals surface area contributed by atoms with E-state index in [2.05, 4.69) is 0 Å². The fraction of sp³-hybridized carbons (Fsp3) is 0.394. The summed E-state index contributed by atoms with van der Waals surface area (Å²) >= 11 is 1.37. The average Bonchev–Trinajstić information content (AvgIpc) is 2.97. The van der Waals surface area contributed by atoms with Crippen LogP contribution in [-0.4, -0.2) is 40.8 Å². The number of phenolic OH excluding ortho intramolecular Hbond substituents is 1. The highest BCUT2D eigenvalue weighted by Gasteiger charge is 2.28. The monoisotopic (exact) mass is 578 g/mol. The molecule has 0 aliphatic carbocycles. The Balaban J connectivity index is 1.92. The fourth-order valence-corrected chi connectivity index (χ4v) is 5.17. The molecular formula is C33H42N2O5S. The summed E-state index contributed by atoms with van der Waals surface area (Å²) in [5.74, 6) is 0.338. The second-order valence-corrected chi connectivity index (χ2v) is 12.0. The molecule has 3 rings (SSSR count). The van der Waals surface area contributed by atoms with Crippen molar-refractivity contribution in [2.45, 2.75) is 64.4 Å². The Morgan fingerprint density at radius 3 is 1.83 bits per heavy atom. The van der Waals surface area contributed by atoms with Crippen LogP contribution in [0.2, 0.25) is 0 Å². The van der Waals surface area contributed by atoms with E-state index < -0.39 is 12.2 Å². The zero-order chi connectivity index (χ0) is 29.8. The quantitative estimate of drug-likeness (QED) is 0.162. The molecule has 0 heterocycles. The van der Waals surface area contributed by atoms with Gasteiger partial charge in [-0.05, 0) is 41.5 Å². The molecule has 0 aromatic heterocycles. The summed E-state index contributed by atoms with van der Waals surface area (Å²) in [5, 5.41) is 11.2. The summed E-state index contributed by atoms with van der Waals surface area (Å²) < 4.78 is 11.2. The first-order valence-electron chi connectivity index (χ1n) is 14.1. The number of para-hydroxylation sites is 1. The molecule has 8 heteroatoms. The number of benzene rings is 3. The third-order valence-electron chi connectivity index (χ3n) is 6.14. The van der Waals surface area contributed by atoms with Gasteiger partial charge in [-0.3, -0.25) is 9.80 Å².